The highest BCUT2D eigenvalue weighted by atomic mass is 16.2. The molecule has 1 fully saturated rings. The van der Waals surface area contributed by atoms with Gasteiger partial charge in [0.15, 0.2) is 0 Å². The standard InChI is InChI=1S/C15H22N2O/c1-15(2,13-7-5-4-6-8-13)16-14(18)12-9-10-17(3)11-12/h4-8,12H,9-11H2,1-3H3,(H,16,18). The average Bonchev–Trinajstić information content (AvgIpc) is 2.77. The molecule has 98 valence electrons. The van der Waals surface area contributed by atoms with Crippen LogP contribution in [0.1, 0.15) is 25.8 Å². The van der Waals surface area contributed by atoms with Crippen LogP contribution in [-0.2, 0) is 10.3 Å². The van der Waals surface area contributed by atoms with Gasteiger partial charge in [0.2, 0.25) is 5.91 Å². The zero-order valence-corrected chi connectivity index (χ0v) is 11.4. The van der Waals surface area contributed by atoms with Gasteiger partial charge in [-0.15, -0.1) is 0 Å². The van der Waals surface area contributed by atoms with E-state index in [0.717, 1.165) is 25.1 Å². The first-order chi connectivity index (χ1) is 8.49. The lowest BCUT2D eigenvalue weighted by Crippen LogP contribution is -2.44. The molecular weight excluding hydrogens is 224 g/mol. The molecule has 1 atom stereocenters. The molecule has 0 radical (unpaired) electrons. The van der Waals surface area contributed by atoms with Gasteiger partial charge in [0.25, 0.3) is 0 Å². The quantitative estimate of drug-likeness (QED) is 0.884. The van der Waals surface area contributed by atoms with Gasteiger partial charge in [-0.05, 0) is 39.4 Å². The summed E-state index contributed by atoms with van der Waals surface area (Å²) in [5.74, 6) is 0.311. The fourth-order valence-electron chi connectivity index (χ4n) is 2.49. The van der Waals surface area contributed by atoms with Crippen molar-refractivity contribution >= 4 is 5.91 Å². The van der Waals surface area contributed by atoms with E-state index in [4.69, 9.17) is 0 Å². The highest BCUT2D eigenvalue weighted by Crippen LogP contribution is 2.22. The summed E-state index contributed by atoms with van der Waals surface area (Å²) in [6, 6.07) is 10.1. The van der Waals surface area contributed by atoms with Gasteiger partial charge < -0.3 is 10.2 Å². The predicted octanol–water partition coefficient (Wildman–Crippen LogP) is 1.99. The van der Waals surface area contributed by atoms with Crippen LogP contribution in [0, 0.1) is 5.92 Å². The Balaban J connectivity index is 2.02. The molecule has 3 heteroatoms. The number of hydrogen-bond acceptors (Lipinski definition) is 2. The summed E-state index contributed by atoms with van der Waals surface area (Å²) in [4.78, 5) is 14.5. The minimum atomic E-state index is -0.306. The Labute approximate surface area is 109 Å². The molecular formula is C15H22N2O. The molecule has 1 saturated heterocycles. The van der Waals surface area contributed by atoms with Crippen LogP contribution in [0.2, 0.25) is 0 Å². The first kappa shape index (κ1) is 13.1. The van der Waals surface area contributed by atoms with Crippen LogP contribution in [-0.4, -0.2) is 30.9 Å². The van der Waals surface area contributed by atoms with Gasteiger partial charge in [0.05, 0.1) is 11.5 Å². The summed E-state index contributed by atoms with van der Waals surface area (Å²) in [5, 5.41) is 3.17. The Hall–Kier alpha value is -1.35. The highest BCUT2D eigenvalue weighted by Gasteiger charge is 2.30. The number of carbonyl (C=O) groups is 1. The molecule has 0 aliphatic carbocycles. The third-order valence-electron chi connectivity index (χ3n) is 3.69. The SMILES string of the molecule is CN1CCC(C(=O)NC(C)(C)c2ccccc2)C1. The molecule has 0 aromatic heterocycles. The number of rotatable bonds is 3. The summed E-state index contributed by atoms with van der Waals surface area (Å²) in [6.07, 6.45) is 0.965. The van der Waals surface area contributed by atoms with Crippen molar-refractivity contribution in [3.63, 3.8) is 0 Å². The van der Waals surface area contributed by atoms with Crippen molar-refractivity contribution in [1.29, 1.82) is 0 Å². The van der Waals surface area contributed by atoms with Crippen LogP contribution in [0.15, 0.2) is 30.3 Å². The van der Waals surface area contributed by atoms with E-state index in [2.05, 4.69) is 43.2 Å². The second-order valence-corrected chi connectivity index (χ2v) is 5.73. The third kappa shape index (κ3) is 2.91. The van der Waals surface area contributed by atoms with Gasteiger partial charge in [-0.2, -0.15) is 0 Å². The molecule has 0 spiro atoms. The van der Waals surface area contributed by atoms with E-state index in [1.165, 1.54) is 0 Å². The maximum atomic E-state index is 12.2. The van der Waals surface area contributed by atoms with Crippen molar-refractivity contribution in [2.75, 3.05) is 20.1 Å². The number of nitrogens with one attached hydrogen (secondary N) is 1. The molecule has 1 aromatic carbocycles. The lowest BCUT2D eigenvalue weighted by atomic mass is 9.93. The van der Waals surface area contributed by atoms with Gasteiger partial charge in [-0.3, -0.25) is 4.79 Å². The molecule has 1 unspecified atom stereocenters. The molecule has 0 bridgehead atoms. The van der Waals surface area contributed by atoms with Gasteiger partial charge >= 0.3 is 0 Å². The fraction of sp³-hybridized carbons (Fsp3) is 0.533. The minimum Gasteiger partial charge on any atom is -0.347 e. The van der Waals surface area contributed by atoms with Crippen molar-refractivity contribution in [3.05, 3.63) is 35.9 Å². The Kier molecular flexibility index (Phi) is 3.71. The molecule has 1 N–H and O–H groups in total. The highest BCUT2D eigenvalue weighted by molar-refractivity contribution is 5.80. The van der Waals surface area contributed by atoms with Crippen LogP contribution >= 0.6 is 0 Å². The number of amides is 1. The largest absolute Gasteiger partial charge is 0.347 e. The predicted molar refractivity (Wildman–Crippen MR) is 73.2 cm³/mol. The molecule has 1 aliphatic rings. The van der Waals surface area contributed by atoms with E-state index in [9.17, 15) is 4.79 Å². The second kappa shape index (κ2) is 5.11. The van der Waals surface area contributed by atoms with E-state index >= 15 is 0 Å². The zero-order chi connectivity index (χ0) is 13.2. The molecule has 1 aliphatic heterocycles. The summed E-state index contributed by atoms with van der Waals surface area (Å²) in [7, 11) is 2.07. The first-order valence-electron chi connectivity index (χ1n) is 6.55. The number of likely N-dealkylation sites (tertiary alicyclic amines) is 1. The molecule has 0 saturated carbocycles. The van der Waals surface area contributed by atoms with Crippen LogP contribution in [0.4, 0.5) is 0 Å². The van der Waals surface area contributed by atoms with E-state index in [1.807, 2.05) is 18.2 Å². The third-order valence-corrected chi connectivity index (χ3v) is 3.69. The Morgan fingerprint density at radius 2 is 2.00 bits per heavy atom. The van der Waals surface area contributed by atoms with Crippen LogP contribution < -0.4 is 5.32 Å². The maximum Gasteiger partial charge on any atom is 0.225 e. The topological polar surface area (TPSA) is 32.3 Å². The molecule has 2 rings (SSSR count). The number of hydrogen-bond donors (Lipinski definition) is 1. The number of nitrogens with zero attached hydrogens (tertiary/aromatic N) is 1. The van der Waals surface area contributed by atoms with Crippen molar-refractivity contribution in [2.24, 2.45) is 5.92 Å². The van der Waals surface area contributed by atoms with Gasteiger partial charge in [-0.25, -0.2) is 0 Å². The summed E-state index contributed by atoms with van der Waals surface area (Å²) in [5.41, 5.74) is 0.837. The molecule has 18 heavy (non-hydrogen) atoms. The summed E-state index contributed by atoms with van der Waals surface area (Å²) >= 11 is 0. The first-order valence-corrected chi connectivity index (χ1v) is 6.55. The lowest BCUT2D eigenvalue weighted by Gasteiger charge is -2.28. The smallest absolute Gasteiger partial charge is 0.225 e. The molecule has 1 amide bonds. The van der Waals surface area contributed by atoms with Crippen LogP contribution in [0.3, 0.4) is 0 Å². The zero-order valence-electron chi connectivity index (χ0n) is 11.4. The van der Waals surface area contributed by atoms with Crippen molar-refractivity contribution in [1.82, 2.24) is 10.2 Å². The summed E-state index contributed by atoms with van der Waals surface area (Å²) < 4.78 is 0. The van der Waals surface area contributed by atoms with E-state index in [1.54, 1.807) is 0 Å². The van der Waals surface area contributed by atoms with E-state index < -0.39 is 0 Å². The molecule has 3 nitrogen and oxygen atoms in total. The maximum absolute atomic E-state index is 12.2. The number of carbonyl (C=O) groups excluding carboxylic acids is 1. The second-order valence-electron chi connectivity index (χ2n) is 5.73. The Morgan fingerprint density at radius 1 is 1.33 bits per heavy atom. The van der Waals surface area contributed by atoms with Gasteiger partial charge in [0.1, 0.15) is 0 Å². The van der Waals surface area contributed by atoms with Gasteiger partial charge in [0, 0.05) is 6.54 Å². The number of benzene rings is 1. The normalized spacial score (nSPS) is 20.9. The van der Waals surface area contributed by atoms with Crippen LogP contribution in [0.5, 0.6) is 0 Å². The van der Waals surface area contributed by atoms with Crippen molar-refractivity contribution < 1.29 is 4.79 Å². The monoisotopic (exact) mass is 246 g/mol. The summed E-state index contributed by atoms with van der Waals surface area (Å²) in [6.45, 7) is 6.00. The Morgan fingerprint density at radius 3 is 2.56 bits per heavy atom. The molecule has 1 heterocycles. The molecule has 1 aromatic rings. The van der Waals surface area contributed by atoms with E-state index in [0.29, 0.717) is 0 Å². The van der Waals surface area contributed by atoms with E-state index in [-0.39, 0.29) is 17.4 Å². The minimum absolute atomic E-state index is 0.137. The van der Waals surface area contributed by atoms with Crippen molar-refractivity contribution in [2.45, 2.75) is 25.8 Å². The Bertz CT molecular complexity index is 414. The van der Waals surface area contributed by atoms with Gasteiger partial charge in [-0.1, -0.05) is 30.3 Å². The van der Waals surface area contributed by atoms with Crippen molar-refractivity contribution in [3.8, 4) is 0 Å². The van der Waals surface area contributed by atoms with Crippen LogP contribution in [0.25, 0.3) is 0 Å². The average molecular weight is 246 g/mol. The fourth-order valence-corrected chi connectivity index (χ4v) is 2.49. The lowest BCUT2D eigenvalue weighted by molar-refractivity contribution is -0.126.